The third-order valence-corrected chi connectivity index (χ3v) is 2.59. The van der Waals surface area contributed by atoms with Crippen molar-refractivity contribution in [3.63, 3.8) is 0 Å². The van der Waals surface area contributed by atoms with Crippen LogP contribution in [0.4, 0.5) is 0 Å². The summed E-state index contributed by atoms with van der Waals surface area (Å²) in [6.07, 6.45) is 0. The Balaban J connectivity index is 4.43. The fraction of sp³-hybridized carbons (Fsp3) is 0.625. The molecule has 3 amide bonds. The maximum atomic E-state index is 11.6. The van der Waals surface area contributed by atoms with E-state index < -0.39 is 29.8 Å². The molecule has 0 aromatic rings. The van der Waals surface area contributed by atoms with Gasteiger partial charge in [0.1, 0.15) is 12.1 Å². The summed E-state index contributed by atoms with van der Waals surface area (Å²) in [5.41, 5.74) is 10.1. The van der Waals surface area contributed by atoms with Crippen LogP contribution in [0.3, 0.4) is 0 Å². The third kappa shape index (κ3) is 5.80. The van der Waals surface area contributed by atoms with Crippen LogP contribution in [-0.2, 0) is 14.4 Å². The molecule has 6 N–H and O–H groups in total. The van der Waals surface area contributed by atoms with Crippen molar-refractivity contribution in [3.8, 4) is 0 Å². The summed E-state index contributed by atoms with van der Waals surface area (Å²) < 4.78 is 0. The van der Waals surface area contributed by atoms with Gasteiger partial charge in [-0.25, -0.2) is 0 Å². The van der Waals surface area contributed by atoms with Crippen LogP contribution in [-0.4, -0.2) is 47.9 Å². The van der Waals surface area contributed by atoms with Gasteiger partial charge < -0.3 is 22.1 Å². The number of rotatable bonds is 7. The number of hydrogen-bond acceptors (Lipinski definition) is 6. The van der Waals surface area contributed by atoms with Gasteiger partial charge in [0.2, 0.25) is 17.7 Å². The average Bonchev–Trinajstić information content (AvgIpc) is 2.31. The highest BCUT2D eigenvalue weighted by Crippen LogP contribution is 1.93. The lowest BCUT2D eigenvalue weighted by molar-refractivity contribution is -0.130. The maximum Gasteiger partial charge on any atom is 0.244 e. The molecule has 98 valence electrons. The number of carbonyl (C=O) groups is 3. The fourth-order valence-electron chi connectivity index (χ4n) is 0.926. The van der Waals surface area contributed by atoms with Crippen molar-refractivity contribution in [2.75, 3.05) is 18.1 Å². The maximum absolute atomic E-state index is 11.6. The van der Waals surface area contributed by atoms with E-state index in [1.807, 2.05) is 0 Å². The number of primary amides is 1. The summed E-state index contributed by atoms with van der Waals surface area (Å²) in [6, 6.07) is -1.75. The van der Waals surface area contributed by atoms with Crippen molar-refractivity contribution in [1.29, 1.82) is 0 Å². The van der Waals surface area contributed by atoms with E-state index in [-0.39, 0.29) is 18.1 Å². The van der Waals surface area contributed by atoms with E-state index in [1.54, 1.807) is 0 Å². The largest absolute Gasteiger partial charge is 0.368 e. The molecular weight excluding hydrogens is 264 g/mol. The van der Waals surface area contributed by atoms with Crippen LogP contribution in [0.25, 0.3) is 0 Å². The van der Waals surface area contributed by atoms with E-state index in [0.29, 0.717) is 0 Å². The zero-order valence-electron chi connectivity index (χ0n) is 9.05. The molecule has 0 radical (unpaired) electrons. The first-order valence-corrected chi connectivity index (χ1v) is 6.03. The number of carbonyl (C=O) groups excluding carboxylic acids is 3. The highest BCUT2D eigenvalue weighted by atomic mass is 32.1. The molecule has 0 rings (SSSR count). The molecule has 0 bridgehead atoms. The molecule has 0 aliphatic rings. The van der Waals surface area contributed by atoms with Gasteiger partial charge in [-0.05, 0) is 0 Å². The molecular formula is C8H16N4O3S2. The molecule has 0 saturated carbocycles. The Hall–Kier alpha value is -0.930. The third-order valence-electron chi connectivity index (χ3n) is 1.86. The number of nitrogens with one attached hydrogen (secondary N) is 2. The molecule has 0 aromatic carbocycles. The summed E-state index contributed by atoms with van der Waals surface area (Å²) in [5.74, 6) is -1.59. The van der Waals surface area contributed by atoms with Crippen LogP contribution in [0, 0.1) is 0 Å². The van der Waals surface area contributed by atoms with Gasteiger partial charge in [-0.3, -0.25) is 14.4 Å². The van der Waals surface area contributed by atoms with Gasteiger partial charge in [0.05, 0.1) is 6.54 Å². The molecule has 9 heteroatoms. The molecule has 0 unspecified atom stereocenters. The highest BCUT2D eigenvalue weighted by molar-refractivity contribution is 7.80. The summed E-state index contributed by atoms with van der Waals surface area (Å²) >= 11 is 7.79. The summed E-state index contributed by atoms with van der Waals surface area (Å²) in [6.45, 7) is -0.233. The lowest BCUT2D eigenvalue weighted by atomic mass is 10.2. The molecule has 0 heterocycles. The topological polar surface area (TPSA) is 127 Å². The van der Waals surface area contributed by atoms with E-state index in [4.69, 9.17) is 11.5 Å². The second-order valence-electron chi connectivity index (χ2n) is 3.15. The lowest BCUT2D eigenvalue weighted by Crippen LogP contribution is -2.55. The van der Waals surface area contributed by atoms with Gasteiger partial charge >= 0.3 is 0 Å². The molecule has 0 spiro atoms. The minimum absolute atomic E-state index is 0.0746. The minimum atomic E-state index is -0.886. The van der Waals surface area contributed by atoms with Crippen LogP contribution in [0.15, 0.2) is 0 Å². The highest BCUT2D eigenvalue weighted by Gasteiger charge is 2.23. The van der Waals surface area contributed by atoms with Gasteiger partial charge in [0.25, 0.3) is 0 Å². The first-order valence-electron chi connectivity index (χ1n) is 4.77. The standard InChI is InChI=1S/C8H16N4O3S2/c9-1-6(13)11-5(3-17)8(15)12-4(2-16)7(10)14/h4-5,16-17H,1-3,9H2,(H2,10,14)(H,11,13)(H,12,15)/t4-,5-/m0/s1. The van der Waals surface area contributed by atoms with Crippen molar-refractivity contribution in [3.05, 3.63) is 0 Å². The predicted octanol–water partition coefficient (Wildman–Crippen LogP) is -2.74. The Morgan fingerprint density at radius 2 is 1.59 bits per heavy atom. The second kappa shape index (κ2) is 8.20. The Morgan fingerprint density at radius 3 is 1.94 bits per heavy atom. The van der Waals surface area contributed by atoms with Gasteiger partial charge in [0, 0.05) is 11.5 Å². The van der Waals surface area contributed by atoms with E-state index in [9.17, 15) is 14.4 Å². The molecule has 0 fully saturated rings. The van der Waals surface area contributed by atoms with E-state index in [0.717, 1.165) is 0 Å². The summed E-state index contributed by atoms with van der Waals surface area (Å²) in [5, 5.41) is 4.71. The number of hydrogen-bond donors (Lipinski definition) is 6. The van der Waals surface area contributed by atoms with Crippen molar-refractivity contribution in [2.24, 2.45) is 11.5 Å². The molecule has 7 nitrogen and oxygen atoms in total. The first kappa shape index (κ1) is 16.1. The molecule has 17 heavy (non-hydrogen) atoms. The molecule has 0 aliphatic heterocycles. The van der Waals surface area contributed by atoms with Gasteiger partial charge in [-0.2, -0.15) is 25.3 Å². The molecule has 0 saturated heterocycles. The predicted molar refractivity (Wildman–Crippen MR) is 69.8 cm³/mol. The van der Waals surface area contributed by atoms with Gasteiger partial charge in [0.15, 0.2) is 0 Å². The summed E-state index contributed by atoms with van der Waals surface area (Å²) in [4.78, 5) is 33.5. The van der Waals surface area contributed by atoms with Gasteiger partial charge in [-0.1, -0.05) is 0 Å². The van der Waals surface area contributed by atoms with Crippen LogP contribution in [0.1, 0.15) is 0 Å². The molecule has 0 aromatic heterocycles. The summed E-state index contributed by atoms with van der Waals surface area (Å²) in [7, 11) is 0. The first-order chi connectivity index (χ1) is 7.96. The lowest BCUT2D eigenvalue weighted by Gasteiger charge is -2.19. The molecule has 2 atom stereocenters. The quantitative estimate of drug-likeness (QED) is 0.283. The number of thiol groups is 2. The zero-order chi connectivity index (χ0) is 13.4. The Bertz CT molecular complexity index is 300. The van der Waals surface area contributed by atoms with Crippen molar-refractivity contribution >= 4 is 43.0 Å². The van der Waals surface area contributed by atoms with Crippen molar-refractivity contribution in [1.82, 2.24) is 10.6 Å². The van der Waals surface area contributed by atoms with E-state index in [1.165, 1.54) is 0 Å². The second-order valence-corrected chi connectivity index (χ2v) is 3.88. The monoisotopic (exact) mass is 280 g/mol. The number of amides is 3. The Labute approximate surface area is 110 Å². The van der Waals surface area contributed by atoms with Crippen LogP contribution in [0.5, 0.6) is 0 Å². The normalized spacial score (nSPS) is 13.6. The minimum Gasteiger partial charge on any atom is -0.368 e. The van der Waals surface area contributed by atoms with E-state index in [2.05, 4.69) is 35.9 Å². The number of nitrogens with two attached hydrogens (primary N) is 2. The van der Waals surface area contributed by atoms with Gasteiger partial charge in [-0.15, -0.1) is 0 Å². The van der Waals surface area contributed by atoms with E-state index >= 15 is 0 Å². The van der Waals surface area contributed by atoms with Crippen LogP contribution < -0.4 is 22.1 Å². The Morgan fingerprint density at radius 1 is 1.06 bits per heavy atom. The smallest absolute Gasteiger partial charge is 0.244 e. The van der Waals surface area contributed by atoms with Crippen LogP contribution in [0.2, 0.25) is 0 Å². The van der Waals surface area contributed by atoms with Crippen molar-refractivity contribution < 1.29 is 14.4 Å². The molecule has 0 aliphatic carbocycles. The van der Waals surface area contributed by atoms with Crippen molar-refractivity contribution in [2.45, 2.75) is 12.1 Å². The van der Waals surface area contributed by atoms with Crippen LogP contribution >= 0.6 is 25.3 Å². The zero-order valence-corrected chi connectivity index (χ0v) is 10.8. The Kier molecular flexibility index (Phi) is 7.75. The SMILES string of the molecule is NCC(=O)N[C@@H](CS)C(=O)N[C@@H](CS)C(N)=O. The average molecular weight is 280 g/mol. The fourth-order valence-corrected chi connectivity index (χ4v) is 1.45.